The van der Waals surface area contributed by atoms with E-state index in [1.807, 2.05) is 49.4 Å². The molecule has 0 amide bonds. The second-order valence-electron chi connectivity index (χ2n) is 10.2. The van der Waals surface area contributed by atoms with Gasteiger partial charge in [0.15, 0.2) is 16.3 Å². The van der Waals surface area contributed by atoms with E-state index in [1.54, 1.807) is 43.9 Å². The molecule has 0 fully saturated rings. The number of benzene rings is 3. The Balaban J connectivity index is 1.65. The number of aromatic nitrogens is 1. The Morgan fingerprint density at radius 2 is 1.83 bits per heavy atom. The summed E-state index contributed by atoms with van der Waals surface area (Å²) in [5.74, 6) is 0.999. The average Bonchev–Trinajstić information content (AvgIpc) is 3.34. The van der Waals surface area contributed by atoms with E-state index < -0.39 is 12.0 Å². The second kappa shape index (κ2) is 15.0. The van der Waals surface area contributed by atoms with Gasteiger partial charge in [0, 0.05) is 20.6 Å². The Kier molecular flexibility index (Phi) is 11.1. The molecule has 46 heavy (non-hydrogen) atoms. The van der Waals surface area contributed by atoms with Crippen molar-refractivity contribution in [3.63, 3.8) is 0 Å². The summed E-state index contributed by atoms with van der Waals surface area (Å²) in [4.78, 5) is 33.1. The smallest absolute Gasteiger partial charge is 0.338 e. The van der Waals surface area contributed by atoms with Crippen LogP contribution >= 0.6 is 54.8 Å². The molecule has 0 unspecified atom stereocenters. The highest BCUT2D eigenvalue weighted by Gasteiger charge is 2.36. The highest BCUT2D eigenvalue weighted by Crippen LogP contribution is 2.39. The fraction of sp³-hybridized carbons (Fsp3) is 0.265. The van der Waals surface area contributed by atoms with Gasteiger partial charge < -0.3 is 18.9 Å². The molecular formula is C34H31Br2ClN2O6S. The van der Waals surface area contributed by atoms with Crippen molar-refractivity contribution >= 4 is 66.8 Å². The molecule has 3 aromatic carbocycles. The van der Waals surface area contributed by atoms with Crippen LogP contribution in [0.3, 0.4) is 0 Å². The first-order valence-electron chi connectivity index (χ1n) is 14.5. The predicted octanol–water partition coefficient (Wildman–Crippen LogP) is 7.35. The van der Waals surface area contributed by atoms with Crippen molar-refractivity contribution in [1.82, 2.24) is 4.57 Å². The molecule has 1 aliphatic rings. The minimum atomic E-state index is -0.812. The lowest BCUT2D eigenvalue weighted by atomic mass is 9.93. The lowest BCUT2D eigenvalue weighted by Crippen LogP contribution is -2.40. The lowest BCUT2D eigenvalue weighted by molar-refractivity contribution is -0.139. The largest absolute Gasteiger partial charge is 0.496 e. The Hall–Kier alpha value is -3.38. The quantitative estimate of drug-likeness (QED) is 0.148. The van der Waals surface area contributed by atoms with Gasteiger partial charge in [-0.25, -0.2) is 9.79 Å². The number of hydrogen-bond acceptors (Lipinski definition) is 8. The van der Waals surface area contributed by atoms with Gasteiger partial charge >= 0.3 is 5.97 Å². The molecule has 5 rings (SSSR count). The Bertz CT molecular complexity index is 2010. The molecule has 2 heterocycles. The summed E-state index contributed by atoms with van der Waals surface area (Å²) >= 11 is 14.7. The minimum absolute atomic E-state index is 0.184. The first-order chi connectivity index (χ1) is 22.2. The third kappa shape index (κ3) is 6.97. The summed E-state index contributed by atoms with van der Waals surface area (Å²) in [6, 6.07) is 15.8. The van der Waals surface area contributed by atoms with Crippen molar-refractivity contribution in [1.29, 1.82) is 0 Å². The Labute approximate surface area is 292 Å². The van der Waals surface area contributed by atoms with Crippen LogP contribution in [0.15, 0.2) is 84.6 Å². The van der Waals surface area contributed by atoms with E-state index in [-0.39, 0.29) is 18.8 Å². The van der Waals surface area contributed by atoms with E-state index in [1.165, 1.54) is 11.3 Å². The van der Waals surface area contributed by atoms with E-state index in [0.717, 1.165) is 16.5 Å². The zero-order valence-electron chi connectivity index (χ0n) is 25.6. The van der Waals surface area contributed by atoms with Crippen LogP contribution in [-0.4, -0.2) is 31.4 Å². The summed E-state index contributed by atoms with van der Waals surface area (Å²) in [6.07, 6.45) is 3.06. The maximum Gasteiger partial charge on any atom is 0.338 e. The summed E-state index contributed by atoms with van der Waals surface area (Å²) < 4.78 is 26.4. The number of halogens is 3. The Morgan fingerprint density at radius 3 is 2.52 bits per heavy atom. The maximum atomic E-state index is 14.2. The van der Waals surface area contributed by atoms with Gasteiger partial charge in [0.05, 0.1) is 41.1 Å². The highest BCUT2D eigenvalue weighted by molar-refractivity contribution is 9.10. The van der Waals surface area contributed by atoms with Gasteiger partial charge in [-0.2, -0.15) is 0 Å². The fourth-order valence-corrected chi connectivity index (χ4v) is 7.38. The summed E-state index contributed by atoms with van der Waals surface area (Å²) in [7, 11) is 3.11. The van der Waals surface area contributed by atoms with Gasteiger partial charge in [-0.3, -0.25) is 9.36 Å². The van der Waals surface area contributed by atoms with Crippen molar-refractivity contribution in [2.45, 2.75) is 39.3 Å². The SMILES string of the molecule is CCCC1=C(C(=O)OCC)[C@@H](c2cc(Br)ccc2OC)n2c(s/c(=C/c3cc(Br)c(OCc4ccccc4Cl)c(OC)c3)c2=O)=N1. The van der Waals surface area contributed by atoms with Crippen molar-refractivity contribution in [3.05, 3.63) is 116 Å². The van der Waals surface area contributed by atoms with Crippen molar-refractivity contribution in [2.24, 2.45) is 4.99 Å². The van der Waals surface area contributed by atoms with Crippen LogP contribution in [0.4, 0.5) is 0 Å². The van der Waals surface area contributed by atoms with Gasteiger partial charge in [-0.05, 0) is 77.3 Å². The van der Waals surface area contributed by atoms with Gasteiger partial charge in [-0.1, -0.05) is 70.4 Å². The molecule has 1 atom stereocenters. The van der Waals surface area contributed by atoms with Crippen LogP contribution in [0.25, 0.3) is 6.08 Å². The zero-order valence-corrected chi connectivity index (χ0v) is 30.3. The Morgan fingerprint density at radius 1 is 1.07 bits per heavy atom. The number of thiazole rings is 1. The molecule has 0 aliphatic carbocycles. The number of allylic oxidation sites excluding steroid dienone is 1. The van der Waals surface area contributed by atoms with Gasteiger partial charge in [0.25, 0.3) is 5.56 Å². The van der Waals surface area contributed by atoms with Gasteiger partial charge in [0.1, 0.15) is 18.4 Å². The van der Waals surface area contributed by atoms with Crippen molar-refractivity contribution < 1.29 is 23.7 Å². The molecule has 1 aliphatic heterocycles. The molecule has 0 saturated carbocycles. The summed E-state index contributed by atoms with van der Waals surface area (Å²) in [5, 5.41) is 0.608. The molecule has 12 heteroatoms. The molecule has 4 aromatic rings. The number of carbonyl (C=O) groups excluding carboxylic acids is 1. The van der Waals surface area contributed by atoms with Crippen LogP contribution in [0.2, 0.25) is 5.02 Å². The molecule has 0 radical (unpaired) electrons. The van der Waals surface area contributed by atoms with Crippen LogP contribution in [0, 0.1) is 0 Å². The number of methoxy groups -OCH3 is 2. The van der Waals surface area contributed by atoms with E-state index in [0.29, 0.717) is 64.9 Å². The van der Waals surface area contributed by atoms with E-state index in [4.69, 9.17) is 35.5 Å². The van der Waals surface area contributed by atoms with E-state index >= 15 is 0 Å². The van der Waals surface area contributed by atoms with Crippen LogP contribution < -0.4 is 29.1 Å². The zero-order chi connectivity index (χ0) is 33.0. The third-order valence-electron chi connectivity index (χ3n) is 7.26. The minimum Gasteiger partial charge on any atom is -0.496 e. The first kappa shape index (κ1) is 34.0. The normalized spacial score (nSPS) is 14.5. The number of ether oxygens (including phenoxy) is 4. The van der Waals surface area contributed by atoms with Crippen molar-refractivity contribution in [3.8, 4) is 17.2 Å². The lowest BCUT2D eigenvalue weighted by Gasteiger charge is -2.27. The van der Waals surface area contributed by atoms with E-state index in [9.17, 15) is 9.59 Å². The average molecular weight is 791 g/mol. The number of esters is 1. The molecule has 0 spiro atoms. The van der Waals surface area contributed by atoms with Crippen LogP contribution in [-0.2, 0) is 16.1 Å². The number of rotatable bonds is 11. The number of carbonyl (C=O) groups is 1. The highest BCUT2D eigenvalue weighted by atomic mass is 79.9. The van der Waals surface area contributed by atoms with Gasteiger partial charge in [-0.15, -0.1) is 0 Å². The predicted molar refractivity (Wildman–Crippen MR) is 187 cm³/mol. The second-order valence-corrected chi connectivity index (χ2v) is 13.4. The molecule has 1 aromatic heterocycles. The topological polar surface area (TPSA) is 88.4 Å². The first-order valence-corrected chi connectivity index (χ1v) is 17.3. The molecule has 0 bridgehead atoms. The molecule has 8 nitrogen and oxygen atoms in total. The molecule has 0 saturated heterocycles. The standard InChI is InChI=1S/C34H31Br2ClN2O6S/c1-5-9-25-29(33(41)44-6-2)30(22-17-21(35)12-13-26(22)42-3)39-32(40)28(46-34(39)38-25)16-19-14-23(36)31(27(15-19)43-4)45-18-20-10-7-8-11-24(20)37/h7-8,10-17,30H,5-6,9,18H2,1-4H3/b28-16+/t30-/m1/s1. The molecular weight excluding hydrogens is 760 g/mol. The number of hydrogen-bond donors (Lipinski definition) is 0. The maximum absolute atomic E-state index is 14.2. The van der Waals surface area contributed by atoms with Crippen LogP contribution in [0.5, 0.6) is 17.2 Å². The monoisotopic (exact) mass is 788 g/mol. The van der Waals surface area contributed by atoms with Crippen molar-refractivity contribution in [2.75, 3.05) is 20.8 Å². The fourth-order valence-electron chi connectivity index (χ4n) is 5.21. The van der Waals surface area contributed by atoms with Gasteiger partial charge in [0.2, 0.25) is 0 Å². The third-order valence-corrected chi connectivity index (χ3v) is 9.69. The molecule has 240 valence electrons. The summed E-state index contributed by atoms with van der Waals surface area (Å²) in [5.41, 5.74) is 2.79. The molecule has 0 N–H and O–H groups in total. The number of fused-ring (bicyclic) bond motifs is 1. The number of nitrogens with zero attached hydrogens (tertiary/aromatic N) is 2. The van der Waals surface area contributed by atoms with Crippen LogP contribution in [0.1, 0.15) is 49.4 Å². The summed E-state index contributed by atoms with van der Waals surface area (Å²) in [6.45, 7) is 4.20. The van der Waals surface area contributed by atoms with E-state index in [2.05, 4.69) is 31.9 Å².